The van der Waals surface area contributed by atoms with E-state index in [1.165, 1.54) is 5.56 Å². The zero-order valence-corrected chi connectivity index (χ0v) is 17.4. The number of hydrogen-bond donors (Lipinski definition) is 0. The number of carbonyl (C=O) groups is 1. The third kappa shape index (κ3) is 5.23. The van der Waals surface area contributed by atoms with Gasteiger partial charge in [-0.25, -0.2) is 0 Å². The zero-order chi connectivity index (χ0) is 20.6. The number of rotatable bonds is 7. The molecule has 0 spiro atoms. The molecular weight excluding hydrogens is 360 g/mol. The second kappa shape index (κ2) is 10.2. The van der Waals surface area contributed by atoms with E-state index in [4.69, 9.17) is 5.26 Å². The minimum atomic E-state index is -0.212. The predicted octanol–water partition coefficient (Wildman–Crippen LogP) is 3.29. The molecule has 1 unspecified atom stereocenters. The van der Waals surface area contributed by atoms with Crippen LogP contribution in [0.4, 0.5) is 0 Å². The first-order valence-corrected chi connectivity index (χ1v) is 10.5. The molecule has 0 bridgehead atoms. The molecule has 5 nitrogen and oxygen atoms in total. The van der Waals surface area contributed by atoms with Crippen molar-refractivity contribution >= 4 is 5.91 Å². The van der Waals surface area contributed by atoms with E-state index in [0.29, 0.717) is 5.56 Å². The third-order valence-electron chi connectivity index (χ3n) is 5.70. The van der Waals surface area contributed by atoms with Gasteiger partial charge in [-0.2, -0.15) is 5.26 Å². The molecule has 3 rings (SSSR count). The molecule has 1 aliphatic rings. The van der Waals surface area contributed by atoms with Crippen LogP contribution in [-0.4, -0.2) is 59.9 Å². The summed E-state index contributed by atoms with van der Waals surface area (Å²) in [6, 6.07) is 19.8. The van der Waals surface area contributed by atoms with Gasteiger partial charge in [-0.1, -0.05) is 56.3 Å². The van der Waals surface area contributed by atoms with Crippen molar-refractivity contribution in [2.24, 2.45) is 0 Å². The highest BCUT2D eigenvalue weighted by Crippen LogP contribution is 2.24. The lowest BCUT2D eigenvalue weighted by Gasteiger charge is -2.39. The van der Waals surface area contributed by atoms with E-state index in [2.05, 4.69) is 41.8 Å². The normalized spacial score (nSPS) is 15.9. The van der Waals surface area contributed by atoms with Gasteiger partial charge >= 0.3 is 0 Å². The summed E-state index contributed by atoms with van der Waals surface area (Å²) in [5.41, 5.74) is 2.96. The van der Waals surface area contributed by atoms with Gasteiger partial charge in [0.25, 0.3) is 0 Å². The molecule has 0 radical (unpaired) electrons. The highest BCUT2D eigenvalue weighted by atomic mass is 16.2. The van der Waals surface area contributed by atoms with Gasteiger partial charge < -0.3 is 4.90 Å². The van der Waals surface area contributed by atoms with Crippen LogP contribution in [0.5, 0.6) is 0 Å². The Labute approximate surface area is 174 Å². The zero-order valence-electron chi connectivity index (χ0n) is 17.4. The summed E-state index contributed by atoms with van der Waals surface area (Å²) in [7, 11) is 0. The number of likely N-dealkylation sites (N-methyl/N-ethyl adjacent to an activating group) is 1. The number of amides is 1. The van der Waals surface area contributed by atoms with Crippen LogP contribution in [0.3, 0.4) is 0 Å². The fourth-order valence-corrected chi connectivity index (χ4v) is 3.98. The molecule has 0 saturated carbocycles. The van der Waals surface area contributed by atoms with Gasteiger partial charge in [0.1, 0.15) is 6.04 Å². The molecule has 1 atom stereocenters. The molecule has 152 valence electrons. The average Bonchev–Trinajstić information content (AvgIpc) is 2.78. The number of nitriles is 1. The number of piperazine rings is 1. The molecule has 0 aliphatic carbocycles. The summed E-state index contributed by atoms with van der Waals surface area (Å²) in [5, 5.41) is 8.93. The molecule has 0 aromatic heterocycles. The van der Waals surface area contributed by atoms with Crippen molar-refractivity contribution in [1.82, 2.24) is 14.7 Å². The summed E-state index contributed by atoms with van der Waals surface area (Å²) in [6.07, 6.45) is 0. The second-order valence-corrected chi connectivity index (χ2v) is 7.44. The van der Waals surface area contributed by atoms with E-state index in [1.54, 1.807) is 0 Å². The lowest BCUT2D eigenvalue weighted by Crippen LogP contribution is -2.51. The van der Waals surface area contributed by atoms with Crippen LogP contribution in [0.25, 0.3) is 0 Å². The SMILES string of the molecule is CCN(CC)C(C(=O)N1CCN(Cc2ccc(C#N)cc2)CC1)c1ccccc1. The summed E-state index contributed by atoms with van der Waals surface area (Å²) in [5.74, 6) is 0.206. The summed E-state index contributed by atoms with van der Waals surface area (Å²) >= 11 is 0. The molecule has 2 aromatic rings. The van der Waals surface area contributed by atoms with Crippen LogP contribution < -0.4 is 0 Å². The Morgan fingerprint density at radius 3 is 2.17 bits per heavy atom. The van der Waals surface area contributed by atoms with E-state index >= 15 is 0 Å². The van der Waals surface area contributed by atoms with Gasteiger partial charge in [0.05, 0.1) is 11.6 Å². The van der Waals surface area contributed by atoms with Crippen molar-refractivity contribution in [3.63, 3.8) is 0 Å². The summed E-state index contributed by atoms with van der Waals surface area (Å²) in [4.78, 5) is 20.1. The monoisotopic (exact) mass is 390 g/mol. The van der Waals surface area contributed by atoms with E-state index < -0.39 is 0 Å². The van der Waals surface area contributed by atoms with Crippen molar-refractivity contribution in [2.75, 3.05) is 39.3 Å². The van der Waals surface area contributed by atoms with Gasteiger partial charge in [0, 0.05) is 32.7 Å². The highest BCUT2D eigenvalue weighted by molar-refractivity contribution is 5.83. The van der Waals surface area contributed by atoms with Crippen LogP contribution in [-0.2, 0) is 11.3 Å². The Morgan fingerprint density at radius 2 is 1.62 bits per heavy atom. The Hall–Kier alpha value is -2.68. The molecule has 29 heavy (non-hydrogen) atoms. The largest absolute Gasteiger partial charge is 0.338 e. The molecule has 1 saturated heterocycles. The smallest absolute Gasteiger partial charge is 0.244 e. The van der Waals surface area contributed by atoms with Crippen molar-refractivity contribution in [1.29, 1.82) is 5.26 Å². The maximum absolute atomic E-state index is 13.4. The molecule has 5 heteroatoms. The van der Waals surface area contributed by atoms with Crippen LogP contribution in [0.1, 0.15) is 36.6 Å². The van der Waals surface area contributed by atoms with Crippen molar-refractivity contribution < 1.29 is 4.79 Å². The molecule has 1 fully saturated rings. The molecule has 0 N–H and O–H groups in total. The lowest BCUT2D eigenvalue weighted by molar-refractivity contribution is -0.139. The molecule has 1 amide bonds. The van der Waals surface area contributed by atoms with Crippen molar-refractivity contribution in [2.45, 2.75) is 26.4 Å². The van der Waals surface area contributed by atoms with Gasteiger partial charge in [-0.3, -0.25) is 14.6 Å². The summed E-state index contributed by atoms with van der Waals surface area (Å²) < 4.78 is 0. The van der Waals surface area contributed by atoms with Gasteiger partial charge in [0.15, 0.2) is 0 Å². The Kier molecular flexibility index (Phi) is 7.40. The number of benzene rings is 2. The topological polar surface area (TPSA) is 50.6 Å². The Bertz CT molecular complexity index is 816. The molecule has 2 aromatic carbocycles. The first kappa shape index (κ1) is 21.0. The average molecular weight is 391 g/mol. The van der Waals surface area contributed by atoms with E-state index in [1.807, 2.05) is 47.4 Å². The maximum Gasteiger partial charge on any atom is 0.244 e. The molecular formula is C24H30N4O. The summed E-state index contributed by atoms with van der Waals surface area (Å²) in [6.45, 7) is 10.0. The quantitative estimate of drug-likeness (QED) is 0.728. The van der Waals surface area contributed by atoms with Crippen LogP contribution >= 0.6 is 0 Å². The van der Waals surface area contributed by atoms with Gasteiger partial charge in [-0.05, 0) is 36.3 Å². The Morgan fingerprint density at radius 1 is 1.00 bits per heavy atom. The van der Waals surface area contributed by atoms with E-state index in [0.717, 1.165) is 51.4 Å². The second-order valence-electron chi connectivity index (χ2n) is 7.44. The van der Waals surface area contributed by atoms with Crippen LogP contribution in [0.15, 0.2) is 54.6 Å². The Balaban J connectivity index is 1.63. The number of carbonyl (C=O) groups excluding carboxylic acids is 1. The fraction of sp³-hybridized carbons (Fsp3) is 0.417. The standard InChI is InChI=1S/C24H30N4O/c1-3-27(4-2)23(22-8-6-5-7-9-22)24(29)28-16-14-26(15-17-28)19-21-12-10-20(18-25)11-13-21/h5-13,23H,3-4,14-17,19H2,1-2H3. The predicted molar refractivity (Wildman–Crippen MR) is 115 cm³/mol. The van der Waals surface area contributed by atoms with Gasteiger partial charge in [-0.15, -0.1) is 0 Å². The minimum absolute atomic E-state index is 0.206. The van der Waals surface area contributed by atoms with Crippen LogP contribution in [0, 0.1) is 11.3 Å². The molecule has 1 heterocycles. The third-order valence-corrected chi connectivity index (χ3v) is 5.70. The minimum Gasteiger partial charge on any atom is -0.338 e. The lowest BCUT2D eigenvalue weighted by atomic mass is 10.0. The maximum atomic E-state index is 13.4. The first-order valence-electron chi connectivity index (χ1n) is 10.5. The van der Waals surface area contributed by atoms with E-state index in [-0.39, 0.29) is 11.9 Å². The highest BCUT2D eigenvalue weighted by Gasteiger charge is 2.31. The van der Waals surface area contributed by atoms with E-state index in [9.17, 15) is 4.79 Å². The van der Waals surface area contributed by atoms with Crippen LogP contribution in [0.2, 0.25) is 0 Å². The fourth-order valence-electron chi connectivity index (χ4n) is 3.98. The number of nitrogens with zero attached hydrogens (tertiary/aromatic N) is 4. The number of hydrogen-bond acceptors (Lipinski definition) is 4. The van der Waals surface area contributed by atoms with Crippen molar-refractivity contribution in [3.8, 4) is 6.07 Å². The van der Waals surface area contributed by atoms with Crippen molar-refractivity contribution in [3.05, 3.63) is 71.3 Å². The van der Waals surface area contributed by atoms with Gasteiger partial charge in [0.2, 0.25) is 5.91 Å². The first-order chi connectivity index (χ1) is 14.2. The molecule has 1 aliphatic heterocycles.